The second-order valence-corrected chi connectivity index (χ2v) is 4.73. The summed E-state index contributed by atoms with van der Waals surface area (Å²) >= 11 is 0. The van der Waals surface area contributed by atoms with E-state index in [0.29, 0.717) is 0 Å². The molecule has 2 aromatic carbocycles. The van der Waals surface area contributed by atoms with Gasteiger partial charge in [-0.2, -0.15) is 5.11 Å². The van der Waals surface area contributed by atoms with E-state index in [9.17, 15) is 5.11 Å². The minimum Gasteiger partial charge on any atom is -0.508 e. The van der Waals surface area contributed by atoms with Crippen molar-refractivity contribution in [2.45, 2.75) is 6.92 Å². The number of benzene rings is 2. The van der Waals surface area contributed by atoms with E-state index in [1.54, 1.807) is 12.1 Å². The summed E-state index contributed by atoms with van der Waals surface area (Å²) in [5.74, 6) is 0.235. The van der Waals surface area contributed by atoms with Gasteiger partial charge in [-0.3, -0.25) is 0 Å². The predicted molar refractivity (Wildman–Crippen MR) is 79.9 cm³/mol. The van der Waals surface area contributed by atoms with Gasteiger partial charge in [-0.25, -0.2) is 0 Å². The summed E-state index contributed by atoms with van der Waals surface area (Å²) in [6, 6.07) is 14.9. The molecular formula is C16H15N3O. The summed E-state index contributed by atoms with van der Waals surface area (Å²) in [6.45, 7) is 2.00. The zero-order chi connectivity index (χ0) is 14.1. The number of nitrogens with zero attached hydrogens (tertiary/aromatic N) is 3. The first-order chi connectivity index (χ1) is 9.66. The molecule has 1 heterocycles. The van der Waals surface area contributed by atoms with E-state index in [4.69, 9.17) is 0 Å². The summed E-state index contributed by atoms with van der Waals surface area (Å²) in [7, 11) is 1.98. The molecule has 0 amide bonds. The fourth-order valence-corrected chi connectivity index (χ4v) is 2.27. The second kappa shape index (κ2) is 4.81. The Hall–Kier alpha value is -2.62. The third-order valence-corrected chi connectivity index (χ3v) is 3.46. The van der Waals surface area contributed by atoms with Gasteiger partial charge in [0.2, 0.25) is 0 Å². The topological polar surface area (TPSA) is 49.9 Å². The van der Waals surface area contributed by atoms with Gasteiger partial charge in [0.25, 0.3) is 0 Å². The molecule has 0 fully saturated rings. The van der Waals surface area contributed by atoms with E-state index < -0.39 is 0 Å². The molecule has 4 heteroatoms. The molecule has 3 rings (SSSR count). The number of aromatic hydroxyl groups is 1. The highest BCUT2D eigenvalue weighted by molar-refractivity contribution is 5.94. The highest BCUT2D eigenvalue weighted by Crippen LogP contribution is 2.35. The Morgan fingerprint density at radius 1 is 1.00 bits per heavy atom. The van der Waals surface area contributed by atoms with Crippen molar-refractivity contribution in [3.05, 3.63) is 54.2 Å². The third-order valence-electron chi connectivity index (χ3n) is 3.46. The molecule has 0 saturated carbocycles. The van der Waals surface area contributed by atoms with Crippen molar-refractivity contribution in [2.24, 2.45) is 17.3 Å². The first kappa shape index (κ1) is 12.4. The average molecular weight is 265 g/mol. The van der Waals surface area contributed by atoms with Crippen molar-refractivity contribution < 1.29 is 5.11 Å². The summed E-state index contributed by atoms with van der Waals surface area (Å²) in [6.07, 6.45) is 0. The second-order valence-electron chi connectivity index (χ2n) is 4.73. The van der Waals surface area contributed by atoms with Crippen molar-refractivity contribution in [1.82, 2.24) is 4.57 Å². The van der Waals surface area contributed by atoms with E-state index in [0.717, 1.165) is 28.0 Å². The lowest BCUT2D eigenvalue weighted by Crippen LogP contribution is -1.88. The minimum absolute atomic E-state index is 0.235. The lowest BCUT2D eigenvalue weighted by atomic mass is 10.2. The predicted octanol–water partition coefficient (Wildman–Crippen LogP) is 4.61. The molecule has 4 nitrogen and oxygen atoms in total. The average Bonchev–Trinajstić information content (AvgIpc) is 2.70. The van der Waals surface area contributed by atoms with Crippen LogP contribution in [0.25, 0.3) is 10.9 Å². The molecular weight excluding hydrogens is 250 g/mol. The smallest absolute Gasteiger partial charge is 0.116 e. The number of phenols is 1. The Bertz CT molecular complexity index is 788. The van der Waals surface area contributed by atoms with Gasteiger partial charge >= 0.3 is 0 Å². The molecule has 3 aromatic rings. The molecule has 0 unspecified atom stereocenters. The molecule has 0 aliphatic rings. The maximum absolute atomic E-state index is 9.66. The van der Waals surface area contributed by atoms with Crippen molar-refractivity contribution >= 4 is 22.3 Å². The molecule has 0 spiro atoms. The van der Waals surface area contributed by atoms with Crippen LogP contribution in [0.15, 0.2) is 58.8 Å². The lowest BCUT2D eigenvalue weighted by Gasteiger charge is -1.97. The van der Waals surface area contributed by atoms with E-state index in [1.807, 2.05) is 54.9 Å². The number of rotatable bonds is 2. The van der Waals surface area contributed by atoms with Crippen LogP contribution in [0.3, 0.4) is 0 Å². The van der Waals surface area contributed by atoms with Crippen LogP contribution in [0.1, 0.15) is 5.69 Å². The minimum atomic E-state index is 0.235. The first-order valence-electron chi connectivity index (χ1n) is 6.41. The van der Waals surface area contributed by atoms with Crippen LogP contribution < -0.4 is 0 Å². The first-order valence-corrected chi connectivity index (χ1v) is 6.41. The van der Waals surface area contributed by atoms with Gasteiger partial charge in [0.05, 0.1) is 11.2 Å². The van der Waals surface area contributed by atoms with Crippen LogP contribution in [-0.2, 0) is 7.05 Å². The molecule has 0 atom stereocenters. The van der Waals surface area contributed by atoms with Crippen LogP contribution >= 0.6 is 0 Å². The number of hydrogen-bond donors (Lipinski definition) is 1. The van der Waals surface area contributed by atoms with E-state index >= 15 is 0 Å². The highest BCUT2D eigenvalue weighted by Gasteiger charge is 2.12. The van der Waals surface area contributed by atoms with Gasteiger partial charge in [0.1, 0.15) is 11.4 Å². The Labute approximate surface area is 117 Å². The number of aromatic nitrogens is 1. The van der Waals surface area contributed by atoms with Crippen LogP contribution in [0, 0.1) is 6.92 Å². The Kier molecular flexibility index (Phi) is 2.99. The van der Waals surface area contributed by atoms with Gasteiger partial charge in [-0.05, 0) is 37.3 Å². The molecule has 0 aliphatic heterocycles. The number of azo groups is 1. The van der Waals surface area contributed by atoms with Crippen molar-refractivity contribution in [1.29, 1.82) is 0 Å². The normalized spacial score (nSPS) is 11.5. The lowest BCUT2D eigenvalue weighted by molar-refractivity contribution is 0.476. The summed E-state index contributed by atoms with van der Waals surface area (Å²) in [4.78, 5) is 0. The van der Waals surface area contributed by atoms with Gasteiger partial charge in [0.15, 0.2) is 0 Å². The van der Waals surface area contributed by atoms with Crippen LogP contribution in [0.4, 0.5) is 11.4 Å². The quantitative estimate of drug-likeness (QED) is 0.676. The number of hydrogen-bond acceptors (Lipinski definition) is 3. The van der Waals surface area contributed by atoms with Gasteiger partial charge in [0, 0.05) is 18.1 Å². The Morgan fingerprint density at radius 2 is 1.75 bits per heavy atom. The van der Waals surface area contributed by atoms with Gasteiger partial charge < -0.3 is 9.67 Å². The van der Waals surface area contributed by atoms with Crippen molar-refractivity contribution in [3.8, 4) is 5.75 Å². The maximum atomic E-state index is 9.66. The zero-order valence-electron chi connectivity index (χ0n) is 11.4. The monoisotopic (exact) mass is 265 g/mol. The van der Waals surface area contributed by atoms with Crippen LogP contribution in [-0.4, -0.2) is 9.67 Å². The van der Waals surface area contributed by atoms with Crippen molar-refractivity contribution in [3.63, 3.8) is 0 Å². The largest absolute Gasteiger partial charge is 0.508 e. The molecule has 0 saturated heterocycles. The SMILES string of the molecule is Cc1c(N=Nc2ccccc2)c2cc(O)ccc2n1C. The number of phenolic OH excluding ortho intramolecular Hbond substituents is 1. The molecule has 20 heavy (non-hydrogen) atoms. The van der Waals surface area contributed by atoms with Gasteiger partial charge in [-0.15, -0.1) is 5.11 Å². The van der Waals surface area contributed by atoms with Crippen LogP contribution in [0.2, 0.25) is 0 Å². The summed E-state index contributed by atoms with van der Waals surface area (Å²) in [5, 5.41) is 19.2. The number of fused-ring (bicyclic) bond motifs is 1. The molecule has 0 aliphatic carbocycles. The fraction of sp³-hybridized carbons (Fsp3) is 0.125. The van der Waals surface area contributed by atoms with E-state index in [2.05, 4.69) is 10.2 Å². The summed E-state index contributed by atoms with van der Waals surface area (Å²) < 4.78 is 2.05. The zero-order valence-corrected chi connectivity index (χ0v) is 11.4. The van der Waals surface area contributed by atoms with E-state index in [-0.39, 0.29) is 5.75 Å². The standard InChI is InChI=1S/C16H15N3O/c1-11-16(18-17-12-6-4-3-5-7-12)14-10-13(20)8-9-15(14)19(11)2/h3-10,20H,1-2H3. The van der Waals surface area contributed by atoms with Crippen LogP contribution in [0.5, 0.6) is 5.75 Å². The van der Waals surface area contributed by atoms with Gasteiger partial charge in [-0.1, -0.05) is 18.2 Å². The maximum Gasteiger partial charge on any atom is 0.116 e. The molecule has 0 bridgehead atoms. The Morgan fingerprint density at radius 3 is 2.50 bits per heavy atom. The molecule has 0 radical (unpaired) electrons. The number of aryl methyl sites for hydroxylation is 1. The fourth-order valence-electron chi connectivity index (χ4n) is 2.27. The van der Waals surface area contributed by atoms with Crippen molar-refractivity contribution in [2.75, 3.05) is 0 Å². The van der Waals surface area contributed by atoms with E-state index in [1.165, 1.54) is 0 Å². The summed E-state index contributed by atoms with van der Waals surface area (Å²) in [5.41, 5.74) is 3.65. The molecule has 1 aromatic heterocycles. The molecule has 100 valence electrons. The molecule has 1 N–H and O–H groups in total. The highest BCUT2D eigenvalue weighted by atomic mass is 16.3. The Balaban J connectivity index is 2.14. The third kappa shape index (κ3) is 2.05.